The van der Waals surface area contributed by atoms with Gasteiger partial charge in [-0.1, -0.05) is 0 Å². The molecule has 8 nitrogen and oxygen atoms in total. The smallest absolute Gasteiger partial charge is 0.274 e. The fourth-order valence-corrected chi connectivity index (χ4v) is 6.13. The first-order valence-electron chi connectivity index (χ1n) is 13.7. The van der Waals surface area contributed by atoms with Crippen LogP contribution in [0.1, 0.15) is 85.6 Å². The summed E-state index contributed by atoms with van der Waals surface area (Å²) in [6, 6.07) is 2.17. The molecule has 2 fully saturated rings. The highest BCUT2D eigenvalue weighted by molar-refractivity contribution is 5.94. The molecule has 2 aromatic rings. The third-order valence-electron chi connectivity index (χ3n) is 8.23. The fraction of sp³-hybridized carbons (Fsp3) is 0.643. The van der Waals surface area contributed by atoms with Crippen LogP contribution in [-0.2, 0) is 24.2 Å². The first kappa shape index (κ1) is 24.8. The van der Waals surface area contributed by atoms with Crippen molar-refractivity contribution < 1.29 is 14.3 Å². The van der Waals surface area contributed by atoms with Crippen molar-refractivity contribution >= 4 is 11.8 Å². The molecule has 0 bridgehead atoms. The molecule has 0 unspecified atom stereocenters. The summed E-state index contributed by atoms with van der Waals surface area (Å²) in [5.41, 5.74) is 4.26. The lowest BCUT2D eigenvalue weighted by Crippen LogP contribution is -2.46. The Morgan fingerprint density at radius 2 is 1.89 bits per heavy atom. The van der Waals surface area contributed by atoms with Crippen LogP contribution in [0.5, 0.6) is 5.75 Å². The molecule has 0 atom stereocenters. The number of likely N-dealkylation sites (tertiary alicyclic amines) is 1. The van der Waals surface area contributed by atoms with Crippen molar-refractivity contribution in [3.05, 3.63) is 41.0 Å². The van der Waals surface area contributed by atoms with Gasteiger partial charge >= 0.3 is 0 Å². The van der Waals surface area contributed by atoms with Crippen LogP contribution >= 0.6 is 0 Å². The van der Waals surface area contributed by atoms with Gasteiger partial charge in [-0.3, -0.25) is 19.3 Å². The lowest BCUT2D eigenvalue weighted by molar-refractivity contribution is -0.119. The number of hydrogen-bond donors (Lipinski definition) is 1. The molecule has 36 heavy (non-hydrogen) atoms. The van der Waals surface area contributed by atoms with E-state index in [9.17, 15) is 9.59 Å². The number of ether oxygens (including phenoxy) is 1. The van der Waals surface area contributed by atoms with Crippen LogP contribution in [0.25, 0.3) is 0 Å². The summed E-state index contributed by atoms with van der Waals surface area (Å²) in [6.45, 7) is 5.86. The number of amides is 2. The van der Waals surface area contributed by atoms with Gasteiger partial charge in [0.1, 0.15) is 5.75 Å². The predicted octanol–water partition coefficient (Wildman–Crippen LogP) is 3.84. The molecule has 5 rings (SSSR count). The minimum absolute atomic E-state index is 0.000874. The Morgan fingerprint density at radius 1 is 1.11 bits per heavy atom. The Hall–Kier alpha value is -2.90. The van der Waals surface area contributed by atoms with E-state index in [4.69, 9.17) is 9.84 Å². The van der Waals surface area contributed by atoms with Gasteiger partial charge in [-0.25, -0.2) is 0 Å². The molecule has 8 heteroatoms. The summed E-state index contributed by atoms with van der Waals surface area (Å²) in [6.07, 6.45) is 14.2. The summed E-state index contributed by atoms with van der Waals surface area (Å²) < 4.78 is 8.37. The van der Waals surface area contributed by atoms with E-state index in [1.807, 2.05) is 17.2 Å². The molecule has 0 spiro atoms. The quantitative estimate of drug-likeness (QED) is 0.633. The topological polar surface area (TPSA) is 89.4 Å². The Bertz CT molecular complexity index is 1080. The minimum atomic E-state index is 0.000874. The Morgan fingerprint density at radius 3 is 2.61 bits per heavy atom. The Balaban J connectivity index is 1.14. The zero-order valence-electron chi connectivity index (χ0n) is 21.7. The molecule has 194 valence electrons. The summed E-state index contributed by atoms with van der Waals surface area (Å²) >= 11 is 0. The average molecular weight is 494 g/mol. The normalized spacial score (nSPS) is 22.3. The maximum atomic E-state index is 13.4. The van der Waals surface area contributed by atoms with Gasteiger partial charge in [-0.2, -0.15) is 5.10 Å². The second kappa shape index (κ2) is 11.0. The summed E-state index contributed by atoms with van der Waals surface area (Å²) in [5, 5.41) is 7.85. The molecule has 1 saturated heterocycles. The van der Waals surface area contributed by atoms with Crippen molar-refractivity contribution in [3.63, 3.8) is 0 Å². The lowest BCUT2D eigenvalue weighted by Gasteiger charge is -2.32. The van der Waals surface area contributed by atoms with Crippen LogP contribution in [0, 0.1) is 12.8 Å². The molecule has 3 aliphatic rings. The second-order valence-corrected chi connectivity index (χ2v) is 10.8. The van der Waals surface area contributed by atoms with Crippen LogP contribution in [-0.4, -0.2) is 56.7 Å². The summed E-state index contributed by atoms with van der Waals surface area (Å²) in [7, 11) is 0. The number of pyridine rings is 1. The maximum absolute atomic E-state index is 13.4. The largest absolute Gasteiger partial charge is 0.489 e. The van der Waals surface area contributed by atoms with Crippen molar-refractivity contribution in [1.82, 2.24) is 25.0 Å². The highest BCUT2D eigenvalue weighted by atomic mass is 16.5. The van der Waals surface area contributed by atoms with Gasteiger partial charge in [-0.15, -0.1) is 0 Å². The van der Waals surface area contributed by atoms with Crippen molar-refractivity contribution in [3.8, 4) is 5.75 Å². The third-order valence-corrected chi connectivity index (χ3v) is 8.23. The molecular formula is C28H39N5O3. The van der Waals surface area contributed by atoms with E-state index in [1.54, 1.807) is 13.1 Å². The number of aryl methyl sites for hydroxylation is 2. The maximum Gasteiger partial charge on any atom is 0.274 e. The standard InChI is InChI=1S/C28H39N5O3/c1-19-10-14-29-18-26(19)36-23-8-6-21(7-9-23)11-17-33-25-5-3-4-24(25)27(31-33)28(35)32-15-12-22(13-16-32)30-20(2)34/h10,14,18,21-23H,3-9,11-13,15-17H2,1-2H3,(H,30,34). The number of hydrogen-bond acceptors (Lipinski definition) is 5. The van der Waals surface area contributed by atoms with E-state index in [-0.39, 0.29) is 24.0 Å². The van der Waals surface area contributed by atoms with Gasteiger partial charge in [0.15, 0.2) is 5.69 Å². The third kappa shape index (κ3) is 5.57. The predicted molar refractivity (Wildman–Crippen MR) is 137 cm³/mol. The van der Waals surface area contributed by atoms with Crippen LogP contribution < -0.4 is 10.1 Å². The number of piperidine rings is 1. The zero-order valence-corrected chi connectivity index (χ0v) is 21.7. The first-order valence-corrected chi connectivity index (χ1v) is 13.7. The molecule has 1 aliphatic heterocycles. The van der Waals surface area contributed by atoms with Crippen molar-refractivity contribution in [2.75, 3.05) is 13.1 Å². The number of carbonyl (C=O) groups is 2. The van der Waals surface area contributed by atoms with Crippen molar-refractivity contribution in [2.24, 2.45) is 5.92 Å². The lowest BCUT2D eigenvalue weighted by atomic mass is 9.85. The van der Waals surface area contributed by atoms with E-state index in [2.05, 4.69) is 21.9 Å². The van der Waals surface area contributed by atoms with E-state index < -0.39 is 0 Å². The van der Waals surface area contributed by atoms with Gasteiger partial charge in [0.2, 0.25) is 5.91 Å². The summed E-state index contributed by atoms with van der Waals surface area (Å²) in [5.74, 6) is 1.65. The van der Waals surface area contributed by atoms with Gasteiger partial charge in [0.05, 0.1) is 12.3 Å². The first-order chi connectivity index (χ1) is 17.5. The number of carbonyl (C=O) groups excluding carboxylic acids is 2. The number of nitrogens with one attached hydrogen (secondary N) is 1. The molecule has 2 aliphatic carbocycles. The fourth-order valence-electron chi connectivity index (χ4n) is 6.13. The van der Waals surface area contributed by atoms with Gasteiger partial charge in [0.25, 0.3) is 5.91 Å². The second-order valence-electron chi connectivity index (χ2n) is 10.8. The van der Waals surface area contributed by atoms with E-state index >= 15 is 0 Å². The zero-order chi connectivity index (χ0) is 25.1. The average Bonchev–Trinajstić information content (AvgIpc) is 3.48. The summed E-state index contributed by atoms with van der Waals surface area (Å²) in [4.78, 5) is 30.8. The highest BCUT2D eigenvalue weighted by Crippen LogP contribution is 2.32. The molecule has 1 N–H and O–H groups in total. The minimum Gasteiger partial charge on any atom is -0.489 e. The van der Waals surface area contributed by atoms with Crippen LogP contribution in [0.15, 0.2) is 18.5 Å². The van der Waals surface area contributed by atoms with Crippen molar-refractivity contribution in [2.45, 2.75) is 96.7 Å². The van der Waals surface area contributed by atoms with Crippen molar-refractivity contribution in [1.29, 1.82) is 0 Å². The van der Waals surface area contributed by atoms with Gasteiger partial charge in [-0.05, 0) is 88.7 Å². The molecular weight excluding hydrogens is 454 g/mol. The molecule has 3 heterocycles. The Labute approximate surface area is 213 Å². The highest BCUT2D eigenvalue weighted by Gasteiger charge is 2.31. The van der Waals surface area contributed by atoms with Crippen LogP contribution in [0.4, 0.5) is 0 Å². The molecule has 0 aromatic carbocycles. The van der Waals surface area contributed by atoms with E-state index in [0.29, 0.717) is 24.7 Å². The van der Waals surface area contributed by atoms with Gasteiger partial charge < -0.3 is 15.0 Å². The van der Waals surface area contributed by atoms with Gasteiger partial charge in [0, 0.05) is 50.1 Å². The monoisotopic (exact) mass is 493 g/mol. The molecule has 2 amide bonds. The van der Waals surface area contributed by atoms with Crippen LogP contribution in [0.2, 0.25) is 0 Å². The Kier molecular flexibility index (Phi) is 7.58. The van der Waals surface area contributed by atoms with E-state index in [0.717, 1.165) is 69.2 Å². The number of nitrogens with zero attached hydrogens (tertiary/aromatic N) is 4. The molecule has 1 saturated carbocycles. The number of aromatic nitrogens is 3. The molecule has 2 aromatic heterocycles. The van der Waals surface area contributed by atoms with E-state index in [1.165, 1.54) is 24.1 Å². The number of fused-ring (bicyclic) bond motifs is 1. The SMILES string of the molecule is CC(=O)NC1CCN(C(=O)c2nn(CCC3CCC(Oc4cnccc4C)CC3)c3c2CCC3)CC1. The number of rotatable bonds is 7. The van der Waals surface area contributed by atoms with Crippen LogP contribution in [0.3, 0.4) is 0 Å². The molecule has 0 radical (unpaired) electrons.